The number of hydrogen-bond acceptors (Lipinski definition) is 3. The van der Waals surface area contributed by atoms with Crippen molar-refractivity contribution >= 4 is 5.91 Å². The summed E-state index contributed by atoms with van der Waals surface area (Å²) < 4.78 is 0. The van der Waals surface area contributed by atoms with E-state index in [1.54, 1.807) is 0 Å². The van der Waals surface area contributed by atoms with Crippen molar-refractivity contribution in [1.29, 1.82) is 0 Å². The quantitative estimate of drug-likeness (QED) is 0.644. The van der Waals surface area contributed by atoms with Gasteiger partial charge < -0.3 is 15.5 Å². The van der Waals surface area contributed by atoms with Crippen LogP contribution in [0.1, 0.15) is 52.4 Å². The van der Waals surface area contributed by atoms with Gasteiger partial charge in [-0.2, -0.15) is 0 Å². The van der Waals surface area contributed by atoms with E-state index in [0.717, 1.165) is 45.7 Å². The van der Waals surface area contributed by atoms with E-state index in [1.165, 1.54) is 25.7 Å². The van der Waals surface area contributed by atoms with E-state index < -0.39 is 0 Å². The van der Waals surface area contributed by atoms with Gasteiger partial charge in [0, 0.05) is 13.0 Å². The highest BCUT2D eigenvalue weighted by Gasteiger charge is 2.13. The van der Waals surface area contributed by atoms with Crippen LogP contribution in [0.15, 0.2) is 0 Å². The topological polar surface area (TPSA) is 44.4 Å². The molecule has 118 valence electrons. The lowest BCUT2D eigenvalue weighted by atomic mass is 10.00. The molecule has 0 radical (unpaired) electrons. The molecular formula is C16H33N3O. The van der Waals surface area contributed by atoms with Gasteiger partial charge >= 0.3 is 0 Å². The van der Waals surface area contributed by atoms with Crippen molar-refractivity contribution in [2.75, 3.05) is 39.3 Å². The zero-order chi connectivity index (χ0) is 14.6. The van der Waals surface area contributed by atoms with Crippen LogP contribution in [-0.2, 0) is 4.79 Å². The molecule has 0 bridgehead atoms. The molecule has 1 saturated heterocycles. The standard InChI is InChI=1S/C16H33N3O/c1-3-10-19(11-4-2)12-6-8-16(20)18-14-15-7-5-9-17-13-15/h15,17H,3-14H2,1-2H3,(H,18,20). The number of nitrogens with one attached hydrogen (secondary N) is 2. The Morgan fingerprint density at radius 2 is 2.00 bits per heavy atom. The predicted molar refractivity (Wildman–Crippen MR) is 84.9 cm³/mol. The van der Waals surface area contributed by atoms with Crippen molar-refractivity contribution in [2.45, 2.75) is 52.4 Å². The molecule has 1 aliphatic rings. The summed E-state index contributed by atoms with van der Waals surface area (Å²) in [5.41, 5.74) is 0. The summed E-state index contributed by atoms with van der Waals surface area (Å²) in [7, 11) is 0. The molecule has 20 heavy (non-hydrogen) atoms. The highest BCUT2D eigenvalue weighted by Crippen LogP contribution is 2.08. The van der Waals surface area contributed by atoms with Crippen LogP contribution in [0.2, 0.25) is 0 Å². The lowest BCUT2D eigenvalue weighted by Crippen LogP contribution is -2.38. The van der Waals surface area contributed by atoms with Gasteiger partial charge in [-0.1, -0.05) is 13.8 Å². The fourth-order valence-electron chi connectivity index (χ4n) is 2.88. The van der Waals surface area contributed by atoms with Crippen molar-refractivity contribution in [1.82, 2.24) is 15.5 Å². The molecule has 0 saturated carbocycles. The number of piperidine rings is 1. The van der Waals surface area contributed by atoms with Crippen molar-refractivity contribution < 1.29 is 4.79 Å². The molecule has 4 nitrogen and oxygen atoms in total. The van der Waals surface area contributed by atoms with Crippen LogP contribution in [0.25, 0.3) is 0 Å². The van der Waals surface area contributed by atoms with Gasteiger partial charge in [0.1, 0.15) is 0 Å². The fourth-order valence-corrected chi connectivity index (χ4v) is 2.88. The minimum atomic E-state index is 0.225. The van der Waals surface area contributed by atoms with Crippen LogP contribution in [0.4, 0.5) is 0 Å². The summed E-state index contributed by atoms with van der Waals surface area (Å²) in [5.74, 6) is 0.855. The minimum absolute atomic E-state index is 0.225. The van der Waals surface area contributed by atoms with E-state index >= 15 is 0 Å². The van der Waals surface area contributed by atoms with Gasteiger partial charge in [0.25, 0.3) is 0 Å². The van der Waals surface area contributed by atoms with Gasteiger partial charge in [-0.05, 0) is 70.7 Å². The summed E-state index contributed by atoms with van der Waals surface area (Å²) >= 11 is 0. The molecule has 0 aromatic rings. The van der Waals surface area contributed by atoms with Crippen molar-refractivity contribution in [2.24, 2.45) is 5.92 Å². The zero-order valence-electron chi connectivity index (χ0n) is 13.4. The number of rotatable bonds is 10. The second-order valence-corrected chi connectivity index (χ2v) is 5.96. The molecule has 1 rings (SSSR count). The average molecular weight is 283 g/mol. The fraction of sp³-hybridized carbons (Fsp3) is 0.938. The molecular weight excluding hydrogens is 250 g/mol. The van der Waals surface area contributed by atoms with Gasteiger partial charge in [-0.25, -0.2) is 0 Å². The third-order valence-electron chi connectivity index (χ3n) is 3.94. The molecule has 0 aromatic carbocycles. The monoisotopic (exact) mass is 283 g/mol. The minimum Gasteiger partial charge on any atom is -0.356 e. The Bertz CT molecular complexity index is 246. The summed E-state index contributed by atoms with van der Waals surface area (Å²) in [4.78, 5) is 14.3. The van der Waals surface area contributed by atoms with Crippen molar-refractivity contribution in [3.8, 4) is 0 Å². The Morgan fingerprint density at radius 1 is 1.25 bits per heavy atom. The molecule has 1 amide bonds. The van der Waals surface area contributed by atoms with E-state index in [-0.39, 0.29) is 5.91 Å². The van der Waals surface area contributed by atoms with Crippen LogP contribution < -0.4 is 10.6 Å². The number of carbonyl (C=O) groups excluding carboxylic acids is 1. The van der Waals surface area contributed by atoms with Crippen LogP contribution in [0, 0.1) is 5.92 Å². The van der Waals surface area contributed by atoms with E-state index in [4.69, 9.17) is 0 Å². The molecule has 1 atom stereocenters. The molecule has 4 heteroatoms. The number of hydrogen-bond donors (Lipinski definition) is 2. The number of amides is 1. The highest BCUT2D eigenvalue weighted by atomic mass is 16.1. The second kappa shape index (κ2) is 11.1. The molecule has 0 aromatic heterocycles. The largest absolute Gasteiger partial charge is 0.356 e. The number of nitrogens with zero attached hydrogens (tertiary/aromatic N) is 1. The zero-order valence-corrected chi connectivity index (χ0v) is 13.4. The Kier molecular flexibility index (Phi) is 9.67. The van der Waals surface area contributed by atoms with E-state index in [9.17, 15) is 4.79 Å². The Hall–Kier alpha value is -0.610. The SMILES string of the molecule is CCCN(CCC)CCCC(=O)NCC1CCCNC1. The maximum absolute atomic E-state index is 11.8. The molecule has 1 aliphatic heterocycles. The van der Waals surface area contributed by atoms with Crippen LogP contribution in [-0.4, -0.2) is 50.1 Å². The first-order chi connectivity index (χ1) is 9.76. The Morgan fingerprint density at radius 3 is 2.60 bits per heavy atom. The average Bonchev–Trinajstić information content (AvgIpc) is 2.47. The second-order valence-electron chi connectivity index (χ2n) is 5.96. The summed E-state index contributed by atoms with van der Waals surface area (Å²) in [6.07, 6.45) is 6.53. The first kappa shape index (κ1) is 17.4. The van der Waals surface area contributed by atoms with E-state index in [2.05, 4.69) is 29.4 Å². The molecule has 0 spiro atoms. The molecule has 0 aliphatic carbocycles. The molecule has 2 N–H and O–H groups in total. The van der Waals surface area contributed by atoms with Gasteiger partial charge in [-0.3, -0.25) is 4.79 Å². The maximum Gasteiger partial charge on any atom is 0.220 e. The molecule has 1 fully saturated rings. The van der Waals surface area contributed by atoms with Gasteiger partial charge in [-0.15, -0.1) is 0 Å². The lowest BCUT2D eigenvalue weighted by Gasteiger charge is -2.23. The van der Waals surface area contributed by atoms with E-state index in [0.29, 0.717) is 12.3 Å². The summed E-state index contributed by atoms with van der Waals surface area (Å²) in [6.45, 7) is 10.8. The van der Waals surface area contributed by atoms with E-state index in [1.807, 2.05) is 0 Å². The summed E-state index contributed by atoms with van der Waals surface area (Å²) in [6, 6.07) is 0. The third kappa shape index (κ3) is 7.85. The third-order valence-corrected chi connectivity index (χ3v) is 3.94. The predicted octanol–water partition coefficient (Wildman–Crippen LogP) is 2.00. The molecule has 1 unspecified atom stereocenters. The summed E-state index contributed by atoms with van der Waals surface area (Å²) in [5, 5.41) is 6.48. The lowest BCUT2D eigenvalue weighted by molar-refractivity contribution is -0.121. The van der Waals surface area contributed by atoms with Gasteiger partial charge in [0.2, 0.25) is 5.91 Å². The highest BCUT2D eigenvalue weighted by molar-refractivity contribution is 5.75. The normalized spacial score (nSPS) is 19.2. The maximum atomic E-state index is 11.8. The van der Waals surface area contributed by atoms with Crippen LogP contribution in [0.5, 0.6) is 0 Å². The van der Waals surface area contributed by atoms with Crippen molar-refractivity contribution in [3.63, 3.8) is 0 Å². The Balaban J connectivity index is 2.06. The van der Waals surface area contributed by atoms with Crippen LogP contribution in [0.3, 0.4) is 0 Å². The smallest absolute Gasteiger partial charge is 0.220 e. The Labute approximate surface area is 124 Å². The van der Waals surface area contributed by atoms with Crippen molar-refractivity contribution in [3.05, 3.63) is 0 Å². The van der Waals surface area contributed by atoms with Gasteiger partial charge in [0.05, 0.1) is 0 Å². The number of carbonyl (C=O) groups is 1. The first-order valence-electron chi connectivity index (χ1n) is 8.46. The first-order valence-corrected chi connectivity index (χ1v) is 8.46. The van der Waals surface area contributed by atoms with Gasteiger partial charge in [0.15, 0.2) is 0 Å². The molecule has 1 heterocycles. The van der Waals surface area contributed by atoms with Crippen LogP contribution >= 0.6 is 0 Å².